The van der Waals surface area contributed by atoms with Gasteiger partial charge in [-0.05, 0) is 36.5 Å². The second kappa shape index (κ2) is 8.59. The van der Waals surface area contributed by atoms with Gasteiger partial charge in [-0.3, -0.25) is 4.79 Å². The minimum Gasteiger partial charge on any atom is -0.376 e. The third kappa shape index (κ3) is 4.55. The summed E-state index contributed by atoms with van der Waals surface area (Å²) in [4.78, 5) is 12.8. The van der Waals surface area contributed by atoms with Crippen LogP contribution in [0, 0.1) is 11.8 Å². The van der Waals surface area contributed by atoms with E-state index in [2.05, 4.69) is 34.1 Å². The number of halogens is 1. The van der Waals surface area contributed by atoms with Gasteiger partial charge >= 0.3 is 0 Å². The summed E-state index contributed by atoms with van der Waals surface area (Å²) in [5, 5.41) is 0. The molecule has 1 saturated carbocycles. The Morgan fingerprint density at radius 2 is 1.67 bits per heavy atom. The van der Waals surface area contributed by atoms with E-state index >= 15 is 0 Å². The Hall–Kier alpha value is -1.45. The standard InChI is InChI=1S/C21H23BrO2/c22-20-12-5-4-9-17(20)13-18-10-6-11-19(21(18)23)15-24-14-16-7-2-1-3-8-16/h1-5,7-9,12,18-19H,6,10-11,13-15H2. The van der Waals surface area contributed by atoms with Crippen LogP contribution in [0.15, 0.2) is 59.1 Å². The molecule has 24 heavy (non-hydrogen) atoms. The van der Waals surface area contributed by atoms with E-state index in [1.54, 1.807) is 0 Å². The van der Waals surface area contributed by atoms with E-state index in [1.165, 1.54) is 5.56 Å². The van der Waals surface area contributed by atoms with Gasteiger partial charge in [0.1, 0.15) is 5.78 Å². The Kier molecular flexibility index (Phi) is 6.22. The van der Waals surface area contributed by atoms with Crippen LogP contribution in [0.4, 0.5) is 0 Å². The van der Waals surface area contributed by atoms with Crippen LogP contribution in [0.25, 0.3) is 0 Å². The molecule has 3 rings (SSSR count). The molecule has 2 aromatic carbocycles. The molecule has 0 N–H and O–H groups in total. The van der Waals surface area contributed by atoms with Crippen LogP contribution >= 0.6 is 15.9 Å². The molecule has 0 heterocycles. The Morgan fingerprint density at radius 3 is 2.46 bits per heavy atom. The number of Topliss-reactive ketones (excluding diaryl/α,β-unsaturated/α-hetero) is 1. The van der Waals surface area contributed by atoms with Gasteiger partial charge in [0, 0.05) is 16.3 Å². The smallest absolute Gasteiger partial charge is 0.141 e. The lowest BCUT2D eigenvalue weighted by molar-refractivity contribution is -0.131. The lowest BCUT2D eigenvalue weighted by Gasteiger charge is -2.28. The third-order valence-electron chi connectivity index (χ3n) is 4.76. The normalized spacial score (nSPS) is 21.0. The van der Waals surface area contributed by atoms with Crippen molar-refractivity contribution in [3.05, 3.63) is 70.2 Å². The van der Waals surface area contributed by atoms with Crippen molar-refractivity contribution in [1.29, 1.82) is 0 Å². The van der Waals surface area contributed by atoms with Crippen LogP contribution in [0.5, 0.6) is 0 Å². The zero-order valence-electron chi connectivity index (χ0n) is 13.8. The Bertz CT molecular complexity index is 669. The van der Waals surface area contributed by atoms with Crippen molar-refractivity contribution in [2.45, 2.75) is 32.3 Å². The van der Waals surface area contributed by atoms with Crippen molar-refractivity contribution < 1.29 is 9.53 Å². The average Bonchev–Trinajstić information content (AvgIpc) is 2.61. The molecule has 126 valence electrons. The van der Waals surface area contributed by atoms with Crippen molar-refractivity contribution >= 4 is 21.7 Å². The maximum absolute atomic E-state index is 12.8. The van der Waals surface area contributed by atoms with E-state index in [0.717, 1.165) is 35.7 Å². The summed E-state index contributed by atoms with van der Waals surface area (Å²) < 4.78 is 6.92. The van der Waals surface area contributed by atoms with Crippen LogP contribution in [0.3, 0.4) is 0 Å². The number of ether oxygens (including phenoxy) is 1. The number of ketones is 1. The second-order valence-electron chi connectivity index (χ2n) is 6.52. The second-order valence-corrected chi connectivity index (χ2v) is 7.38. The van der Waals surface area contributed by atoms with Gasteiger partial charge in [-0.1, -0.05) is 70.9 Å². The fourth-order valence-electron chi connectivity index (χ4n) is 3.42. The van der Waals surface area contributed by atoms with Crippen LogP contribution in [-0.4, -0.2) is 12.4 Å². The highest BCUT2D eigenvalue weighted by atomic mass is 79.9. The molecule has 0 aliphatic heterocycles. The SMILES string of the molecule is O=C1C(COCc2ccccc2)CCCC1Cc1ccccc1Br. The molecule has 0 amide bonds. The van der Waals surface area contributed by atoms with E-state index < -0.39 is 0 Å². The molecule has 0 saturated heterocycles. The molecule has 2 atom stereocenters. The predicted molar refractivity (Wildman–Crippen MR) is 99.8 cm³/mol. The number of carbonyl (C=O) groups is 1. The van der Waals surface area contributed by atoms with Gasteiger partial charge in [-0.2, -0.15) is 0 Å². The molecular formula is C21H23BrO2. The van der Waals surface area contributed by atoms with E-state index in [0.29, 0.717) is 19.0 Å². The molecule has 1 aliphatic carbocycles. The first kappa shape index (κ1) is 17.4. The molecule has 0 bridgehead atoms. The van der Waals surface area contributed by atoms with Crippen molar-refractivity contribution in [2.24, 2.45) is 11.8 Å². The monoisotopic (exact) mass is 386 g/mol. The van der Waals surface area contributed by atoms with Crippen molar-refractivity contribution in [2.75, 3.05) is 6.61 Å². The fraction of sp³-hybridized carbons (Fsp3) is 0.381. The zero-order valence-corrected chi connectivity index (χ0v) is 15.4. The molecule has 1 aliphatic rings. The summed E-state index contributed by atoms with van der Waals surface area (Å²) in [5.74, 6) is 0.558. The zero-order chi connectivity index (χ0) is 16.8. The molecule has 2 aromatic rings. The van der Waals surface area contributed by atoms with Crippen molar-refractivity contribution in [1.82, 2.24) is 0 Å². The molecule has 1 fully saturated rings. The molecule has 3 heteroatoms. The van der Waals surface area contributed by atoms with E-state index in [9.17, 15) is 4.79 Å². The fourth-order valence-corrected chi connectivity index (χ4v) is 3.87. The van der Waals surface area contributed by atoms with Crippen LogP contribution < -0.4 is 0 Å². The van der Waals surface area contributed by atoms with Crippen LogP contribution in [0.1, 0.15) is 30.4 Å². The Balaban J connectivity index is 1.54. The quantitative estimate of drug-likeness (QED) is 0.682. The number of rotatable bonds is 6. The first-order chi connectivity index (χ1) is 11.7. The van der Waals surface area contributed by atoms with Crippen LogP contribution in [0.2, 0.25) is 0 Å². The highest BCUT2D eigenvalue weighted by molar-refractivity contribution is 9.10. The number of carbonyl (C=O) groups excluding carboxylic acids is 1. The lowest BCUT2D eigenvalue weighted by atomic mass is 9.78. The maximum atomic E-state index is 12.8. The van der Waals surface area contributed by atoms with E-state index in [4.69, 9.17) is 4.74 Å². The average molecular weight is 387 g/mol. The number of benzene rings is 2. The summed E-state index contributed by atoms with van der Waals surface area (Å²) in [5.41, 5.74) is 2.38. The van der Waals surface area contributed by atoms with Gasteiger partial charge in [-0.25, -0.2) is 0 Å². The largest absolute Gasteiger partial charge is 0.376 e. The summed E-state index contributed by atoms with van der Waals surface area (Å²) >= 11 is 3.59. The van der Waals surface area contributed by atoms with Crippen molar-refractivity contribution in [3.8, 4) is 0 Å². The minimum atomic E-state index is 0.0509. The first-order valence-electron chi connectivity index (χ1n) is 8.63. The predicted octanol–water partition coefficient (Wildman–Crippen LogP) is 5.19. The summed E-state index contributed by atoms with van der Waals surface area (Å²) in [6.07, 6.45) is 3.89. The Labute approximate surface area is 152 Å². The number of hydrogen-bond acceptors (Lipinski definition) is 2. The highest BCUT2D eigenvalue weighted by Gasteiger charge is 2.31. The molecule has 0 aromatic heterocycles. The molecule has 2 unspecified atom stereocenters. The Morgan fingerprint density at radius 1 is 0.958 bits per heavy atom. The van der Waals surface area contributed by atoms with E-state index in [1.807, 2.05) is 36.4 Å². The first-order valence-corrected chi connectivity index (χ1v) is 9.42. The maximum Gasteiger partial charge on any atom is 0.141 e. The lowest BCUT2D eigenvalue weighted by Crippen LogP contribution is -2.32. The molecule has 2 nitrogen and oxygen atoms in total. The summed E-state index contributed by atoms with van der Waals surface area (Å²) in [6.45, 7) is 1.12. The molecule has 0 radical (unpaired) electrons. The van der Waals surface area contributed by atoms with E-state index in [-0.39, 0.29) is 11.8 Å². The topological polar surface area (TPSA) is 26.3 Å². The number of hydrogen-bond donors (Lipinski definition) is 0. The highest BCUT2D eigenvalue weighted by Crippen LogP contribution is 2.30. The summed E-state index contributed by atoms with van der Waals surface area (Å²) in [6, 6.07) is 18.3. The van der Waals surface area contributed by atoms with Crippen LogP contribution in [-0.2, 0) is 22.6 Å². The summed E-state index contributed by atoms with van der Waals surface area (Å²) in [7, 11) is 0. The van der Waals surface area contributed by atoms with Gasteiger partial charge in [0.05, 0.1) is 13.2 Å². The minimum absolute atomic E-state index is 0.0509. The molecular weight excluding hydrogens is 364 g/mol. The van der Waals surface area contributed by atoms with Gasteiger partial charge in [-0.15, -0.1) is 0 Å². The van der Waals surface area contributed by atoms with Gasteiger partial charge in [0.25, 0.3) is 0 Å². The molecule has 0 spiro atoms. The third-order valence-corrected chi connectivity index (χ3v) is 5.54. The van der Waals surface area contributed by atoms with Gasteiger partial charge < -0.3 is 4.74 Å². The van der Waals surface area contributed by atoms with Gasteiger partial charge in [0.15, 0.2) is 0 Å². The van der Waals surface area contributed by atoms with Gasteiger partial charge in [0.2, 0.25) is 0 Å². The van der Waals surface area contributed by atoms with Crippen molar-refractivity contribution in [3.63, 3.8) is 0 Å².